The van der Waals surface area contributed by atoms with Gasteiger partial charge in [0.1, 0.15) is 0 Å². The average Bonchev–Trinajstić information content (AvgIpc) is 3.08. The number of hydrogen-bond donors (Lipinski definition) is 1. The molecule has 4 nitrogen and oxygen atoms in total. The summed E-state index contributed by atoms with van der Waals surface area (Å²) in [7, 11) is 1.94. The van der Waals surface area contributed by atoms with Gasteiger partial charge in [0.05, 0.1) is 5.69 Å². The van der Waals surface area contributed by atoms with E-state index in [0.717, 1.165) is 12.4 Å². The van der Waals surface area contributed by atoms with Crippen molar-refractivity contribution in [2.75, 3.05) is 7.05 Å². The van der Waals surface area contributed by atoms with Gasteiger partial charge in [-0.2, -0.15) is 5.10 Å². The van der Waals surface area contributed by atoms with Gasteiger partial charge in [-0.25, -0.2) is 9.67 Å². The highest BCUT2D eigenvalue weighted by Gasteiger charge is 2.25. The first-order chi connectivity index (χ1) is 8.36. The molecule has 1 N–H and O–H groups in total. The lowest BCUT2D eigenvalue weighted by atomic mass is 10.2. The van der Waals surface area contributed by atoms with E-state index >= 15 is 0 Å². The van der Waals surface area contributed by atoms with E-state index in [1.54, 1.807) is 0 Å². The average molecular weight is 228 g/mol. The van der Waals surface area contributed by atoms with Gasteiger partial charge in [0.25, 0.3) is 0 Å². The van der Waals surface area contributed by atoms with E-state index < -0.39 is 0 Å². The topological polar surface area (TPSA) is 42.7 Å². The standard InChI is InChI=1S/C13H16N4/c1-14-9-10-4-6-15-13(8-10)17-7-5-12(16-17)11-2-3-11/h4-8,11,14H,2-3,9H2,1H3. The van der Waals surface area contributed by atoms with Crippen molar-refractivity contribution in [1.82, 2.24) is 20.1 Å². The highest BCUT2D eigenvalue weighted by molar-refractivity contribution is 5.28. The fourth-order valence-corrected chi connectivity index (χ4v) is 1.96. The van der Waals surface area contributed by atoms with Gasteiger partial charge in [0.2, 0.25) is 0 Å². The lowest BCUT2D eigenvalue weighted by molar-refractivity contribution is 0.790. The van der Waals surface area contributed by atoms with Gasteiger partial charge in [0.15, 0.2) is 5.82 Å². The third-order valence-electron chi connectivity index (χ3n) is 3.03. The number of nitrogens with zero attached hydrogens (tertiary/aromatic N) is 3. The van der Waals surface area contributed by atoms with Crippen molar-refractivity contribution in [3.8, 4) is 5.82 Å². The molecule has 1 saturated carbocycles. The van der Waals surface area contributed by atoms with Gasteiger partial charge in [-0.3, -0.25) is 0 Å². The summed E-state index contributed by atoms with van der Waals surface area (Å²) in [6, 6.07) is 6.19. The second-order valence-electron chi connectivity index (χ2n) is 4.51. The van der Waals surface area contributed by atoms with E-state index in [-0.39, 0.29) is 0 Å². The Morgan fingerprint density at radius 3 is 3.06 bits per heavy atom. The zero-order chi connectivity index (χ0) is 11.7. The van der Waals surface area contributed by atoms with Gasteiger partial charge in [0, 0.05) is 24.9 Å². The van der Waals surface area contributed by atoms with Gasteiger partial charge in [-0.15, -0.1) is 0 Å². The lowest BCUT2D eigenvalue weighted by Crippen LogP contribution is -2.07. The Kier molecular flexibility index (Phi) is 2.65. The van der Waals surface area contributed by atoms with Crippen LogP contribution in [-0.2, 0) is 6.54 Å². The van der Waals surface area contributed by atoms with Crippen molar-refractivity contribution in [3.63, 3.8) is 0 Å². The maximum atomic E-state index is 4.58. The van der Waals surface area contributed by atoms with E-state index in [1.165, 1.54) is 24.1 Å². The summed E-state index contributed by atoms with van der Waals surface area (Å²) >= 11 is 0. The molecule has 4 heteroatoms. The molecule has 0 radical (unpaired) electrons. The normalized spacial score (nSPS) is 15.1. The third-order valence-corrected chi connectivity index (χ3v) is 3.03. The van der Waals surface area contributed by atoms with Gasteiger partial charge < -0.3 is 5.32 Å². The van der Waals surface area contributed by atoms with Crippen molar-refractivity contribution in [1.29, 1.82) is 0 Å². The van der Waals surface area contributed by atoms with E-state index in [2.05, 4.69) is 27.5 Å². The highest BCUT2D eigenvalue weighted by atomic mass is 15.3. The van der Waals surface area contributed by atoms with Crippen LogP contribution in [0.25, 0.3) is 5.82 Å². The second kappa shape index (κ2) is 4.30. The van der Waals surface area contributed by atoms with E-state index in [0.29, 0.717) is 5.92 Å². The van der Waals surface area contributed by atoms with Crippen LogP contribution in [0.4, 0.5) is 0 Å². The molecule has 0 aromatic carbocycles. The Labute approximate surface area is 101 Å². The summed E-state index contributed by atoms with van der Waals surface area (Å²) < 4.78 is 1.87. The monoisotopic (exact) mass is 228 g/mol. The molecule has 2 aromatic rings. The first kappa shape index (κ1) is 10.5. The predicted octanol–water partition coefficient (Wildman–Crippen LogP) is 1.86. The summed E-state index contributed by atoms with van der Waals surface area (Å²) in [6.07, 6.45) is 6.40. The number of aromatic nitrogens is 3. The maximum Gasteiger partial charge on any atom is 0.153 e. The third kappa shape index (κ3) is 2.22. The zero-order valence-corrected chi connectivity index (χ0v) is 9.93. The Bertz CT molecular complexity index is 514. The Morgan fingerprint density at radius 1 is 1.41 bits per heavy atom. The summed E-state index contributed by atoms with van der Waals surface area (Å²) in [5.41, 5.74) is 2.42. The highest BCUT2D eigenvalue weighted by Crippen LogP contribution is 2.38. The van der Waals surface area contributed by atoms with E-state index in [4.69, 9.17) is 0 Å². The molecule has 0 atom stereocenters. The van der Waals surface area contributed by atoms with E-state index in [9.17, 15) is 0 Å². The van der Waals surface area contributed by atoms with Crippen LogP contribution in [0.2, 0.25) is 0 Å². The number of rotatable bonds is 4. The SMILES string of the molecule is CNCc1ccnc(-n2ccc(C3CC3)n2)c1. The fourth-order valence-electron chi connectivity index (χ4n) is 1.96. The van der Waals surface area contributed by atoms with Crippen LogP contribution in [0.1, 0.15) is 30.0 Å². The number of nitrogens with one attached hydrogen (secondary N) is 1. The Morgan fingerprint density at radius 2 is 2.29 bits per heavy atom. The molecular weight excluding hydrogens is 212 g/mol. The molecule has 0 aliphatic heterocycles. The minimum Gasteiger partial charge on any atom is -0.316 e. The van der Waals surface area contributed by atoms with Crippen LogP contribution >= 0.6 is 0 Å². The summed E-state index contributed by atoms with van der Waals surface area (Å²) in [6.45, 7) is 0.853. The Balaban J connectivity index is 1.88. The van der Waals surface area contributed by atoms with Crippen molar-refractivity contribution < 1.29 is 0 Å². The minimum absolute atomic E-state index is 0.691. The van der Waals surface area contributed by atoms with Crippen molar-refractivity contribution in [2.45, 2.75) is 25.3 Å². The molecule has 0 unspecified atom stereocenters. The van der Waals surface area contributed by atoms with Crippen molar-refractivity contribution in [2.24, 2.45) is 0 Å². The van der Waals surface area contributed by atoms with Crippen molar-refractivity contribution in [3.05, 3.63) is 41.9 Å². The lowest BCUT2D eigenvalue weighted by Gasteiger charge is -2.03. The molecule has 1 aliphatic carbocycles. The number of pyridine rings is 1. The molecular formula is C13H16N4. The summed E-state index contributed by atoms with van der Waals surface area (Å²) in [4.78, 5) is 4.36. The molecule has 88 valence electrons. The first-order valence-corrected chi connectivity index (χ1v) is 6.02. The Hall–Kier alpha value is -1.68. The summed E-state index contributed by atoms with van der Waals surface area (Å²) in [5.74, 6) is 1.58. The summed E-state index contributed by atoms with van der Waals surface area (Å²) in [5, 5.41) is 7.72. The molecule has 1 fully saturated rings. The van der Waals surface area contributed by atoms with Crippen LogP contribution in [0.15, 0.2) is 30.6 Å². The molecule has 0 amide bonds. The molecule has 2 aromatic heterocycles. The van der Waals surface area contributed by atoms with Crippen LogP contribution < -0.4 is 5.32 Å². The fraction of sp³-hybridized carbons (Fsp3) is 0.385. The first-order valence-electron chi connectivity index (χ1n) is 6.02. The maximum absolute atomic E-state index is 4.58. The van der Waals surface area contributed by atoms with Crippen LogP contribution in [0.3, 0.4) is 0 Å². The van der Waals surface area contributed by atoms with Gasteiger partial charge in [-0.05, 0) is 43.7 Å². The molecule has 0 spiro atoms. The van der Waals surface area contributed by atoms with Gasteiger partial charge in [-0.1, -0.05) is 0 Å². The zero-order valence-electron chi connectivity index (χ0n) is 9.93. The number of hydrogen-bond acceptors (Lipinski definition) is 3. The van der Waals surface area contributed by atoms with Crippen LogP contribution in [-0.4, -0.2) is 21.8 Å². The largest absolute Gasteiger partial charge is 0.316 e. The van der Waals surface area contributed by atoms with Gasteiger partial charge >= 0.3 is 0 Å². The molecule has 2 heterocycles. The predicted molar refractivity (Wildman–Crippen MR) is 66.1 cm³/mol. The minimum atomic E-state index is 0.691. The molecule has 0 saturated heterocycles. The van der Waals surface area contributed by atoms with Crippen LogP contribution in [0.5, 0.6) is 0 Å². The molecule has 17 heavy (non-hydrogen) atoms. The smallest absolute Gasteiger partial charge is 0.153 e. The molecule has 0 bridgehead atoms. The van der Waals surface area contributed by atoms with Crippen LogP contribution in [0, 0.1) is 0 Å². The molecule has 3 rings (SSSR count). The molecule has 1 aliphatic rings. The van der Waals surface area contributed by atoms with Crippen molar-refractivity contribution >= 4 is 0 Å². The van der Waals surface area contributed by atoms with E-state index in [1.807, 2.05) is 30.2 Å². The quantitative estimate of drug-likeness (QED) is 0.868. The second-order valence-corrected chi connectivity index (χ2v) is 4.51.